The molecule has 1 N–H and O–H groups in total. The van der Waals surface area contributed by atoms with Crippen LogP contribution in [0.25, 0.3) is 0 Å². The van der Waals surface area contributed by atoms with Crippen LogP contribution in [0, 0.1) is 11.8 Å². The Hall–Kier alpha value is -1.22. The number of benzene rings is 1. The third-order valence-corrected chi connectivity index (χ3v) is 4.05. The summed E-state index contributed by atoms with van der Waals surface area (Å²) in [5, 5.41) is 3.50. The molecular weight excluding hydrogens is 238 g/mol. The molecule has 1 aliphatic rings. The highest BCUT2D eigenvalue weighted by molar-refractivity contribution is 5.31. The van der Waals surface area contributed by atoms with Gasteiger partial charge in [-0.05, 0) is 49.1 Å². The van der Waals surface area contributed by atoms with Gasteiger partial charge in [-0.25, -0.2) is 0 Å². The van der Waals surface area contributed by atoms with Crippen molar-refractivity contribution in [3.05, 3.63) is 24.3 Å². The van der Waals surface area contributed by atoms with Crippen LogP contribution in [0.1, 0.15) is 26.2 Å². The Kier molecular flexibility index (Phi) is 5.52. The van der Waals surface area contributed by atoms with E-state index >= 15 is 0 Å². The molecule has 0 aliphatic heterocycles. The summed E-state index contributed by atoms with van der Waals surface area (Å²) < 4.78 is 10.8. The van der Waals surface area contributed by atoms with Crippen LogP contribution in [0.3, 0.4) is 0 Å². The van der Waals surface area contributed by atoms with E-state index in [0.29, 0.717) is 6.61 Å². The van der Waals surface area contributed by atoms with Crippen molar-refractivity contribution >= 4 is 0 Å². The molecule has 2 unspecified atom stereocenters. The number of methoxy groups -OCH3 is 1. The lowest BCUT2D eigenvalue weighted by Crippen LogP contribution is -2.28. The molecule has 0 aromatic heterocycles. The molecule has 0 heterocycles. The average Bonchev–Trinajstić information content (AvgIpc) is 2.85. The van der Waals surface area contributed by atoms with Gasteiger partial charge in [0.1, 0.15) is 18.1 Å². The second-order valence-corrected chi connectivity index (χ2v) is 5.40. The van der Waals surface area contributed by atoms with Gasteiger partial charge in [-0.2, -0.15) is 0 Å². The zero-order valence-electron chi connectivity index (χ0n) is 12.0. The maximum atomic E-state index is 5.68. The minimum atomic E-state index is 0.716. The monoisotopic (exact) mass is 263 g/mol. The lowest BCUT2D eigenvalue weighted by molar-refractivity contribution is 0.301. The van der Waals surface area contributed by atoms with Crippen LogP contribution >= 0.6 is 0 Å². The molecule has 2 rings (SSSR count). The van der Waals surface area contributed by atoms with Crippen molar-refractivity contribution in [1.29, 1.82) is 0 Å². The van der Waals surface area contributed by atoms with Crippen molar-refractivity contribution in [3.63, 3.8) is 0 Å². The molecule has 3 heteroatoms. The Morgan fingerprint density at radius 2 is 1.89 bits per heavy atom. The van der Waals surface area contributed by atoms with Crippen molar-refractivity contribution in [1.82, 2.24) is 5.32 Å². The van der Waals surface area contributed by atoms with Gasteiger partial charge < -0.3 is 14.8 Å². The molecular formula is C16H25NO2. The summed E-state index contributed by atoms with van der Waals surface area (Å²) in [5.41, 5.74) is 0. The molecule has 2 atom stereocenters. The largest absolute Gasteiger partial charge is 0.497 e. The first-order valence-corrected chi connectivity index (χ1v) is 7.27. The maximum Gasteiger partial charge on any atom is 0.119 e. The highest BCUT2D eigenvalue weighted by atomic mass is 16.5. The van der Waals surface area contributed by atoms with Crippen molar-refractivity contribution in [2.75, 3.05) is 26.8 Å². The number of nitrogens with one attached hydrogen (secondary N) is 1. The summed E-state index contributed by atoms with van der Waals surface area (Å²) in [6, 6.07) is 7.72. The second kappa shape index (κ2) is 7.39. The third-order valence-electron chi connectivity index (χ3n) is 4.05. The van der Waals surface area contributed by atoms with Crippen LogP contribution in [-0.4, -0.2) is 26.8 Å². The van der Waals surface area contributed by atoms with Gasteiger partial charge >= 0.3 is 0 Å². The minimum absolute atomic E-state index is 0.716. The lowest BCUT2D eigenvalue weighted by Gasteiger charge is -2.16. The Morgan fingerprint density at radius 1 is 1.16 bits per heavy atom. The summed E-state index contributed by atoms with van der Waals surface area (Å²) in [4.78, 5) is 0. The van der Waals surface area contributed by atoms with Crippen molar-refractivity contribution in [3.8, 4) is 11.5 Å². The molecule has 1 saturated carbocycles. The lowest BCUT2D eigenvalue weighted by atomic mass is 9.98. The number of hydrogen-bond donors (Lipinski definition) is 1. The highest BCUT2D eigenvalue weighted by Gasteiger charge is 2.22. The number of ether oxygens (including phenoxy) is 2. The van der Waals surface area contributed by atoms with E-state index in [9.17, 15) is 0 Å². The van der Waals surface area contributed by atoms with Gasteiger partial charge in [0.15, 0.2) is 0 Å². The quantitative estimate of drug-likeness (QED) is 0.767. The van der Waals surface area contributed by atoms with E-state index in [2.05, 4.69) is 12.2 Å². The summed E-state index contributed by atoms with van der Waals surface area (Å²) in [5.74, 6) is 3.51. The third kappa shape index (κ3) is 4.43. The van der Waals surface area contributed by atoms with Crippen LogP contribution < -0.4 is 14.8 Å². The van der Waals surface area contributed by atoms with Crippen molar-refractivity contribution < 1.29 is 9.47 Å². The predicted molar refractivity (Wildman–Crippen MR) is 77.9 cm³/mol. The zero-order chi connectivity index (χ0) is 13.5. The van der Waals surface area contributed by atoms with Crippen LogP contribution in [0.15, 0.2) is 24.3 Å². The summed E-state index contributed by atoms with van der Waals surface area (Å²) in [6.45, 7) is 5.13. The molecule has 0 amide bonds. The van der Waals surface area contributed by atoms with E-state index in [4.69, 9.17) is 9.47 Å². The zero-order valence-corrected chi connectivity index (χ0v) is 12.0. The fraction of sp³-hybridized carbons (Fsp3) is 0.625. The standard InChI is InChI=1S/C16H25NO2/c1-13-4-3-5-14(13)12-17-10-11-19-16-8-6-15(18-2)7-9-16/h6-9,13-14,17H,3-5,10-12H2,1-2H3. The maximum absolute atomic E-state index is 5.68. The smallest absolute Gasteiger partial charge is 0.119 e. The molecule has 1 aromatic carbocycles. The first-order chi connectivity index (χ1) is 9.29. The van der Waals surface area contributed by atoms with E-state index in [0.717, 1.165) is 36.4 Å². The number of hydrogen-bond acceptors (Lipinski definition) is 3. The van der Waals surface area contributed by atoms with E-state index in [1.54, 1.807) is 7.11 Å². The van der Waals surface area contributed by atoms with Crippen LogP contribution in [-0.2, 0) is 0 Å². The normalized spacial score (nSPS) is 22.4. The van der Waals surface area contributed by atoms with E-state index < -0.39 is 0 Å². The predicted octanol–water partition coefficient (Wildman–Crippen LogP) is 3.10. The fourth-order valence-corrected chi connectivity index (χ4v) is 2.73. The topological polar surface area (TPSA) is 30.5 Å². The number of rotatable bonds is 7. The molecule has 1 aliphatic carbocycles. The van der Waals surface area contributed by atoms with E-state index in [1.165, 1.54) is 19.3 Å². The molecule has 19 heavy (non-hydrogen) atoms. The molecule has 0 saturated heterocycles. The van der Waals surface area contributed by atoms with Crippen molar-refractivity contribution in [2.45, 2.75) is 26.2 Å². The van der Waals surface area contributed by atoms with Crippen LogP contribution in [0.2, 0.25) is 0 Å². The highest BCUT2D eigenvalue weighted by Crippen LogP contribution is 2.30. The average molecular weight is 263 g/mol. The van der Waals surface area contributed by atoms with Crippen LogP contribution in [0.5, 0.6) is 11.5 Å². The molecule has 3 nitrogen and oxygen atoms in total. The fourth-order valence-electron chi connectivity index (χ4n) is 2.73. The van der Waals surface area contributed by atoms with Gasteiger partial charge in [0.05, 0.1) is 7.11 Å². The van der Waals surface area contributed by atoms with Gasteiger partial charge in [0.25, 0.3) is 0 Å². The van der Waals surface area contributed by atoms with E-state index in [1.807, 2.05) is 24.3 Å². The van der Waals surface area contributed by atoms with Gasteiger partial charge in [-0.15, -0.1) is 0 Å². The first kappa shape index (κ1) is 14.2. The Morgan fingerprint density at radius 3 is 2.53 bits per heavy atom. The molecule has 0 bridgehead atoms. The van der Waals surface area contributed by atoms with Gasteiger partial charge in [-0.1, -0.05) is 19.8 Å². The SMILES string of the molecule is COc1ccc(OCCNCC2CCCC2C)cc1. The first-order valence-electron chi connectivity index (χ1n) is 7.27. The minimum Gasteiger partial charge on any atom is -0.497 e. The Labute approximate surface area is 116 Å². The second-order valence-electron chi connectivity index (χ2n) is 5.40. The molecule has 0 radical (unpaired) electrons. The molecule has 1 fully saturated rings. The Balaban J connectivity index is 1.58. The van der Waals surface area contributed by atoms with Gasteiger partial charge in [0, 0.05) is 6.54 Å². The Bertz CT molecular complexity index is 364. The van der Waals surface area contributed by atoms with Gasteiger partial charge in [-0.3, -0.25) is 0 Å². The van der Waals surface area contributed by atoms with Crippen LogP contribution in [0.4, 0.5) is 0 Å². The summed E-state index contributed by atoms with van der Waals surface area (Å²) in [7, 11) is 1.67. The summed E-state index contributed by atoms with van der Waals surface area (Å²) in [6.07, 6.45) is 4.18. The summed E-state index contributed by atoms with van der Waals surface area (Å²) >= 11 is 0. The van der Waals surface area contributed by atoms with Gasteiger partial charge in [0.2, 0.25) is 0 Å². The molecule has 106 valence electrons. The van der Waals surface area contributed by atoms with E-state index in [-0.39, 0.29) is 0 Å². The van der Waals surface area contributed by atoms with Crippen molar-refractivity contribution in [2.24, 2.45) is 11.8 Å². The molecule has 1 aromatic rings. The molecule has 0 spiro atoms.